The van der Waals surface area contributed by atoms with Gasteiger partial charge in [-0.3, -0.25) is 9.36 Å². The van der Waals surface area contributed by atoms with Gasteiger partial charge in [0.25, 0.3) is 0 Å². The van der Waals surface area contributed by atoms with E-state index in [0.717, 1.165) is 27.7 Å². The minimum Gasteiger partial charge on any atom is -0.481 e. The quantitative estimate of drug-likeness (QED) is 0.810. The van der Waals surface area contributed by atoms with Crippen LogP contribution >= 0.6 is 39.3 Å². The maximum atomic E-state index is 10.7. The molecule has 106 valence electrons. The lowest BCUT2D eigenvalue weighted by Gasteiger charge is -2.11. The molecule has 0 radical (unpaired) electrons. The van der Waals surface area contributed by atoms with Crippen molar-refractivity contribution in [3.63, 3.8) is 0 Å². The number of halogens is 2. The van der Waals surface area contributed by atoms with E-state index in [4.69, 9.17) is 16.7 Å². The molecule has 1 aromatic carbocycles. The number of thioether (sulfide) groups is 1. The van der Waals surface area contributed by atoms with Crippen molar-refractivity contribution in [2.45, 2.75) is 18.5 Å². The Labute approximate surface area is 133 Å². The highest BCUT2D eigenvalue weighted by Crippen LogP contribution is 2.29. The summed E-state index contributed by atoms with van der Waals surface area (Å²) in [6, 6.07) is 5.40. The molecule has 1 N–H and O–H groups in total. The third-order valence-electron chi connectivity index (χ3n) is 2.49. The molecule has 0 bridgehead atoms. The zero-order valence-electron chi connectivity index (χ0n) is 10.5. The Balaban J connectivity index is 2.47. The third-order valence-corrected chi connectivity index (χ3v) is 4.28. The molecule has 0 aliphatic rings. The summed E-state index contributed by atoms with van der Waals surface area (Å²) in [5, 5.41) is 18.1. The van der Waals surface area contributed by atoms with Crippen LogP contribution in [0.1, 0.15) is 12.7 Å². The van der Waals surface area contributed by atoms with Crippen LogP contribution in [0.3, 0.4) is 0 Å². The Morgan fingerprint density at radius 3 is 2.85 bits per heavy atom. The minimum absolute atomic E-state index is 0.0624. The van der Waals surface area contributed by atoms with Crippen molar-refractivity contribution >= 4 is 45.3 Å². The maximum absolute atomic E-state index is 10.7. The van der Waals surface area contributed by atoms with Crippen LogP contribution in [0.2, 0.25) is 5.02 Å². The van der Waals surface area contributed by atoms with Gasteiger partial charge in [0.05, 0.1) is 11.4 Å². The van der Waals surface area contributed by atoms with Gasteiger partial charge in [0.2, 0.25) is 0 Å². The van der Waals surface area contributed by atoms with E-state index < -0.39 is 5.97 Å². The first-order valence-electron chi connectivity index (χ1n) is 5.77. The Morgan fingerprint density at radius 1 is 1.50 bits per heavy atom. The van der Waals surface area contributed by atoms with Crippen molar-refractivity contribution in [3.8, 4) is 5.69 Å². The molecular formula is C12H11BrClN3O2S. The van der Waals surface area contributed by atoms with E-state index in [1.54, 1.807) is 12.1 Å². The van der Waals surface area contributed by atoms with E-state index in [1.165, 1.54) is 0 Å². The third kappa shape index (κ3) is 3.34. The van der Waals surface area contributed by atoms with E-state index in [1.807, 2.05) is 17.6 Å². The number of rotatable bonds is 5. The maximum Gasteiger partial charge on any atom is 0.313 e. The second-order valence-electron chi connectivity index (χ2n) is 3.87. The van der Waals surface area contributed by atoms with Crippen LogP contribution < -0.4 is 0 Å². The summed E-state index contributed by atoms with van der Waals surface area (Å²) in [4.78, 5) is 10.7. The topological polar surface area (TPSA) is 68.0 Å². The van der Waals surface area contributed by atoms with Gasteiger partial charge < -0.3 is 5.11 Å². The molecule has 5 nitrogen and oxygen atoms in total. The molecule has 1 heterocycles. The normalized spacial score (nSPS) is 10.8. The molecular weight excluding hydrogens is 366 g/mol. The van der Waals surface area contributed by atoms with E-state index in [2.05, 4.69) is 26.1 Å². The van der Waals surface area contributed by atoms with E-state index in [9.17, 15) is 4.79 Å². The number of carboxylic acid groups (broad SMARTS) is 1. The van der Waals surface area contributed by atoms with E-state index in [0.29, 0.717) is 16.6 Å². The summed E-state index contributed by atoms with van der Waals surface area (Å²) >= 11 is 10.5. The highest BCUT2D eigenvalue weighted by atomic mass is 79.9. The lowest BCUT2D eigenvalue weighted by Crippen LogP contribution is -2.05. The molecule has 8 heteroatoms. The van der Waals surface area contributed by atoms with Crippen LogP contribution in [-0.2, 0) is 11.2 Å². The van der Waals surface area contributed by atoms with Crippen molar-refractivity contribution in [3.05, 3.63) is 33.5 Å². The average Bonchev–Trinajstić information content (AvgIpc) is 2.79. The number of aryl methyl sites for hydroxylation is 1. The fourth-order valence-corrected chi connectivity index (χ4v) is 3.20. The molecule has 0 aliphatic carbocycles. The number of aromatic nitrogens is 3. The fraction of sp³-hybridized carbons (Fsp3) is 0.250. The molecule has 0 unspecified atom stereocenters. The highest BCUT2D eigenvalue weighted by Gasteiger charge is 2.16. The summed E-state index contributed by atoms with van der Waals surface area (Å²) in [5.74, 6) is -0.189. The van der Waals surface area contributed by atoms with Crippen molar-refractivity contribution in [2.75, 3.05) is 5.75 Å². The predicted molar refractivity (Wildman–Crippen MR) is 81.8 cm³/mol. The van der Waals surface area contributed by atoms with Gasteiger partial charge in [-0.2, -0.15) is 0 Å². The Morgan fingerprint density at radius 2 is 2.25 bits per heavy atom. The van der Waals surface area contributed by atoms with Gasteiger partial charge in [0, 0.05) is 15.9 Å². The molecule has 0 spiro atoms. The van der Waals surface area contributed by atoms with Crippen molar-refractivity contribution < 1.29 is 9.90 Å². The number of carboxylic acids is 1. The molecule has 2 rings (SSSR count). The van der Waals surface area contributed by atoms with Gasteiger partial charge in [0.1, 0.15) is 5.82 Å². The van der Waals surface area contributed by atoms with Crippen molar-refractivity contribution in [1.82, 2.24) is 14.8 Å². The summed E-state index contributed by atoms with van der Waals surface area (Å²) < 4.78 is 2.64. The molecule has 0 aliphatic heterocycles. The van der Waals surface area contributed by atoms with Gasteiger partial charge in [-0.05, 0) is 34.1 Å². The lowest BCUT2D eigenvalue weighted by molar-refractivity contribution is -0.133. The average molecular weight is 377 g/mol. The zero-order valence-corrected chi connectivity index (χ0v) is 13.7. The molecule has 0 fully saturated rings. The molecule has 1 aromatic heterocycles. The van der Waals surface area contributed by atoms with Crippen LogP contribution in [0.25, 0.3) is 5.69 Å². The van der Waals surface area contributed by atoms with E-state index >= 15 is 0 Å². The molecule has 0 saturated carbocycles. The first kappa shape index (κ1) is 15.3. The zero-order chi connectivity index (χ0) is 14.7. The van der Waals surface area contributed by atoms with Crippen LogP contribution in [0, 0.1) is 0 Å². The van der Waals surface area contributed by atoms with Crippen LogP contribution in [-0.4, -0.2) is 31.6 Å². The highest BCUT2D eigenvalue weighted by molar-refractivity contribution is 9.10. The molecule has 2 aromatic rings. The molecule has 0 saturated heterocycles. The smallest absolute Gasteiger partial charge is 0.313 e. The second kappa shape index (κ2) is 6.60. The standard InChI is InChI=1S/C12H11BrClN3O2S/c1-2-10-15-16-12(20-6-11(18)19)17(10)9-4-3-7(14)5-8(9)13/h3-5H,2,6H2,1H3,(H,18,19). The number of aliphatic carboxylic acids is 1. The van der Waals surface area contributed by atoms with Crippen LogP contribution in [0.15, 0.2) is 27.8 Å². The monoisotopic (exact) mass is 375 g/mol. The van der Waals surface area contributed by atoms with Gasteiger partial charge in [-0.15, -0.1) is 10.2 Å². The van der Waals surface area contributed by atoms with Gasteiger partial charge in [0.15, 0.2) is 5.16 Å². The van der Waals surface area contributed by atoms with Gasteiger partial charge in [-0.25, -0.2) is 0 Å². The number of carbonyl (C=O) groups is 1. The number of hydrogen-bond donors (Lipinski definition) is 1. The summed E-state index contributed by atoms with van der Waals surface area (Å²) in [7, 11) is 0. The van der Waals surface area contributed by atoms with Crippen molar-refractivity contribution in [1.29, 1.82) is 0 Å². The Kier molecular flexibility index (Phi) is 5.06. The van der Waals surface area contributed by atoms with Gasteiger partial charge >= 0.3 is 5.97 Å². The Hall–Kier alpha value is -1.05. The number of nitrogens with zero attached hydrogens (tertiary/aromatic N) is 3. The second-order valence-corrected chi connectivity index (χ2v) is 6.10. The summed E-state index contributed by atoms with van der Waals surface area (Å²) in [5.41, 5.74) is 0.837. The fourth-order valence-electron chi connectivity index (χ4n) is 1.65. The SMILES string of the molecule is CCc1nnc(SCC(=O)O)n1-c1ccc(Cl)cc1Br. The predicted octanol–water partition coefficient (Wildman–Crippen LogP) is 3.42. The first-order valence-corrected chi connectivity index (χ1v) is 7.93. The number of benzene rings is 1. The summed E-state index contributed by atoms with van der Waals surface area (Å²) in [6.45, 7) is 1.97. The summed E-state index contributed by atoms with van der Waals surface area (Å²) in [6.07, 6.45) is 0.690. The lowest BCUT2D eigenvalue weighted by atomic mass is 10.3. The first-order chi connectivity index (χ1) is 9.52. The largest absolute Gasteiger partial charge is 0.481 e. The Bertz CT molecular complexity index is 648. The van der Waals surface area contributed by atoms with E-state index in [-0.39, 0.29) is 5.75 Å². The molecule has 0 atom stereocenters. The van der Waals surface area contributed by atoms with Crippen LogP contribution in [0.4, 0.5) is 0 Å². The minimum atomic E-state index is -0.891. The molecule has 0 amide bonds. The number of hydrogen-bond acceptors (Lipinski definition) is 4. The van der Waals surface area contributed by atoms with Crippen LogP contribution in [0.5, 0.6) is 0 Å². The van der Waals surface area contributed by atoms with Gasteiger partial charge in [-0.1, -0.05) is 30.3 Å². The van der Waals surface area contributed by atoms with Crippen molar-refractivity contribution in [2.24, 2.45) is 0 Å². The molecule has 20 heavy (non-hydrogen) atoms.